The van der Waals surface area contributed by atoms with E-state index in [1.807, 2.05) is 13.8 Å². The molecule has 164 valence electrons. The zero-order chi connectivity index (χ0) is 22.5. The Morgan fingerprint density at radius 1 is 1.07 bits per heavy atom. The monoisotopic (exact) mass is 414 g/mol. The second-order valence-electron chi connectivity index (χ2n) is 9.79. The number of ketones is 1. The molecule has 7 atom stereocenters. The zero-order valence-electron chi connectivity index (χ0n) is 19.2. The van der Waals surface area contributed by atoms with E-state index in [0.29, 0.717) is 17.6 Å². The Kier molecular flexibility index (Phi) is 5.87. The smallest absolute Gasteiger partial charge is 0.333 e. The van der Waals surface area contributed by atoms with Gasteiger partial charge in [-0.3, -0.25) is 4.79 Å². The fraction of sp³-hybridized carbons (Fsp3) is 0.640. The van der Waals surface area contributed by atoms with Gasteiger partial charge in [0, 0.05) is 34.8 Å². The number of carbonyl (C=O) groups excluding carboxylic acids is 3. The molecule has 0 N–H and O–H groups in total. The second kappa shape index (κ2) is 7.82. The van der Waals surface area contributed by atoms with E-state index in [9.17, 15) is 14.4 Å². The Labute approximate surface area is 179 Å². The van der Waals surface area contributed by atoms with Crippen LogP contribution in [0.25, 0.3) is 0 Å². The van der Waals surface area contributed by atoms with Gasteiger partial charge in [0.1, 0.15) is 18.0 Å². The van der Waals surface area contributed by atoms with Gasteiger partial charge in [0.15, 0.2) is 0 Å². The molecular weight excluding hydrogens is 380 g/mol. The van der Waals surface area contributed by atoms with Gasteiger partial charge in [-0.15, -0.1) is 0 Å². The summed E-state index contributed by atoms with van der Waals surface area (Å²) in [4.78, 5) is 38.4. The number of Topliss-reactive ketones (excluding diaryl/α,β-unsaturated/α-hetero) is 1. The molecule has 3 aliphatic carbocycles. The Morgan fingerprint density at radius 2 is 1.60 bits per heavy atom. The predicted molar refractivity (Wildman–Crippen MR) is 114 cm³/mol. The average Bonchev–Trinajstić information content (AvgIpc) is 2.93. The van der Waals surface area contributed by atoms with Gasteiger partial charge < -0.3 is 9.47 Å². The van der Waals surface area contributed by atoms with Crippen LogP contribution in [0.2, 0.25) is 0 Å². The third kappa shape index (κ3) is 3.27. The van der Waals surface area contributed by atoms with Crippen molar-refractivity contribution in [1.82, 2.24) is 0 Å². The lowest BCUT2D eigenvalue weighted by atomic mass is 9.54. The van der Waals surface area contributed by atoms with Gasteiger partial charge in [0.25, 0.3) is 0 Å². The Morgan fingerprint density at radius 3 is 2.13 bits per heavy atom. The summed E-state index contributed by atoms with van der Waals surface area (Å²) in [5.74, 6) is -0.724. The highest BCUT2D eigenvalue weighted by atomic mass is 16.6. The van der Waals surface area contributed by atoms with E-state index in [1.54, 1.807) is 39.8 Å². The highest BCUT2D eigenvalue weighted by Gasteiger charge is 2.69. The average molecular weight is 415 g/mol. The van der Waals surface area contributed by atoms with Crippen molar-refractivity contribution in [3.05, 3.63) is 35.5 Å². The molecular formula is C25H34O5. The third-order valence-electron chi connectivity index (χ3n) is 7.78. The van der Waals surface area contributed by atoms with Gasteiger partial charge >= 0.3 is 11.9 Å². The maximum Gasteiger partial charge on any atom is 0.333 e. The molecule has 4 bridgehead atoms. The first-order valence-electron chi connectivity index (χ1n) is 10.9. The van der Waals surface area contributed by atoms with Crippen molar-refractivity contribution in [2.75, 3.05) is 0 Å². The first-order chi connectivity index (χ1) is 14.0. The molecule has 0 unspecified atom stereocenters. The number of allylic oxidation sites excluding steroid dienone is 2. The van der Waals surface area contributed by atoms with Crippen LogP contribution >= 0.6 is 0 Å². The minimum absolute atomic E-state index is 0.0210. The molecule has 0 radical (unpaired) electrons. The van der Waals surface area contributed by atoms with Crippen LogP contribution in [0.5, 0.6) is 0 Å². The summed E-state index contributed by atoms with van der Waals surface area (Å²) in [5, 5.41) is 0. The van der Waals surface area contributed by atoms with Gasteiger partial charge in [-0.2, -0.15) is 0 Å². The molecule has 3 saturated carbocycles. The van der Waals surface area contributed by atoms with Crippen LogP contribution in [-0.2, 0) is 23.9 Å². The van der Waals surface area contributed by atoms with E-state index in [1.165, 1.54) is 0 Å². The third-order valence-corrected chi connectivity index (χ3v) is 7.78. The van der Waals surface area contributed by atoms with E-state index in [4.69, 9.17) is 9.47 Å². The lowest BCUT2D eigenvalue weighted by Crippen LogP contribution is -2.60. The van der Waals surface area contributed by atoms with Crippen LogP contribution in [0.4, 0.5) is 0 Å². The van der Waals surface area contributed by atoms with Gasteiger partial charge in [0.2, 0.25) is 0 Å². The Bertz CT molecular complexity index is 846. The summed E-state index contributed by atoms with van der Waals surface area (Å²) >= 11 is 0. The van der Waals surface area contributed by atoms with E-state index >= 15 is 0 Å². The minimum Gasteiger partial charge on any atom is -0.454 e. The Hall–Kier alpha value is -2.17. The van der Waals surface area contributed by atoms with Gasteiger partial charge in [-0.05, 0) is 45.4 Å². The van der Waals surface area contributed by atoms with E-state index < -0.39 is 29.6 Å². The first kappa shape index (κ1) is 22.5. The largest absolute Gasteiger partial charge is 0.454 e. The van der Waals surface area contributed by atoms with Crippen molar-refractivity contribution in [2.45, 2.75) is 67.1 Å². The van der Waals surface area contributed by atoms with Gasteiger partial charge in [0.05, 0.1) is 0 Å². The molecule has 0 aromatic heterocycles. The highest BCUT2D eigenvalue weighted by Crippen LogP contribution is 2.66. The maximum atomic E-state index is 13.0. The summed E-state index contributed by atoms with van der Waals surface area (Å²) < 4.78 is 12.0. The molecule has 0 spiro atoms. The van der Waals surface area contributed by atoms with E-state index in [0.717, 1.165) is 5.57 Å². The van der Waals surface area contributed by atoms with Crippen LogP contribution in [0.3, 0.4) is 0 Å². The van der Waals surface area contributed by atoms with Crippen LogP contribution in [0.15, 0.2) is 35.5 Å². The van der Waals surface area contributed by atoms with Crippen LogP contribution in [0, 0.1) is 35.0 Å². The normalized spacial score (nSPS) is 37.8. The molecule has 0 saturated heterocycles. The molecule has 0 heterocycles. The molecule has 0 amide bonds. The number of esters is 2. The van der Waals surface area contributed by atoms with E-state index in [-0.39, 0.29) is 35.4 Å². The zero-order valence-corrected chi connectivity index (χ0v) is 19.2. The lowest BCUT2D eigenvalue weighted by molar-refractivity contribution is -0.203. The molecule has 3 rings (SSSR count). The molecule has 0 aliphatic heterocycles. The summed E-state index contributed by atoms with van der Waals surface area (Å²) in [7, 11) is 0. The minimum atomic E-state index is -0.664. The number of carbonyl (C=O) groups is 3. The molecule has 0 aromatic rings. The predicted octanol–water partition coefficient (Wildman–Crippen LogP) is 4.43. The maximum absolute atomic E-state index is 13.0. The quantitative estimate of drug-likeness (QED) is 0.387. The summed E-state index contributed by atoms with van der Waals surface area (Å²) in [6, 6.07) is 0. The standard InChI is InChI=1S/C25H34O5/c1-9-12(3)23(27)29-21-19-15(6)18-16(26)11-14(5)17(19)20(18)25(7,8)22(21)30-24(28)13(4)10-2/h9-10,14,17-22H,6,11H2,1-5,7-8H3/b12-9+,13-10+/t14-,17-,18-,19+,20+,21+,22-/m1/s1. The van der Waals surface area contributed by atoms with Crippen molar-refractivity contribution >= 4 is 17.7 Å². The fourth-order valence-electron chi connectivity index (χ4n) is 6.00. The first-order valence-corrected chi connectivity index (χ1v) is 10.9. The summed E-state index contributed by atoms with van der Waals surface area (Å²) in [5.41, 5.74) is 1.29. The van der Waals surface area contributed by atoms with E-state index in [2.05, 4.69) is 13.5 Å². The Balaban J connectivity index is 2.10. The SMILES string of the molecule is C=C1[C@@H]2C(=O)C[C@@H](C)[C@@H]3[C@H]1[C@H](OC(=O)/C(C)=C/C)[C@@H](OC(=O)/C(C)=C/C)C(C)(C)[C@H]23. The number of ether oxygens (including phenoxy) is 2. The molecule has 3 aliphatic rings. The van der Waals surface area contributed by atoms with Crippen molar-refractivity contribution in [1.29, 1.82) is 0 Å². The molecule has 5 heteroatoms. The van der Waals surface area contributed by atoms with Gasteiger partial charge in [-0.25, -0.2) is 9.59 Å². The summed E-state index contributed by atoms with van der Waals surface area (Å²) in [6.07, 6.45) is 2.62. The van der Waals surface area contributed by atoms with Crippen molar-refractivity contribution in [3.8, 4) is 0 Å². The van der Waals surface area contributed by atoms with Crippen LogP contribution in [-0.4, -0.2) is 29.9 Å². The van der Waals surface area contributed by atoms with Crippen molar-refractivity contribution < 1.29 is 23.9 Å². The second-order valence-corrected chi connectivity index (χ2v) is 9.79. The van der Waals surface area contributed by atoms with Crippen molar-refractivity contribution in [2.24, 2.45) is 35.0 Å². The molecule has 30 heavy (non-hydrogen) atoms. The number of hydrogen-bond donors (Lipinski definition) is 0. The molecule has 5 nitrogen and oxygen atoms in total. The number of rotatable bonds is 4. The van der Waals surface area contributed by atoms with Crippen molar-refractivity contribution in [3.63, 3.8) is 0 Å². The van der Waals surface area contributed by atoms with Gasteiger partial charge in [-0.1, -0.05) is 45.1 Å². The lowest BCUT2D eigenvalue weighted by Gasteiger charge is -2.53. The number of hydrogen-bond acceptors (Lipinski definition) is 5. The topological polar surface area (TPSA) is 69.7 Å². The van der Waals surface area contributed by atoms with Crippen LogP contribution < -0.4 is 0 Å². The summed E-state index contributed by atoms with van der Waals surface area (Å²) in [6.45, 7) is 17.4. The van der Waals surface area contributed by atoms with Crippen LogP contribution in [0.1, 0.15) is 54.9 Å². The molecule has 0 aromatic carbocycles. The highest BCUT2D eigenvalue weighted by molar-refractivity contribution is 5.89. The fourth-order valence-corrected chi connectivity index (χ4v) is 6.00. The molecule has 3 fully saturated rings.